The first-order valence-corrected chi connectivity index (χ1v) is 9.11. The molecule has 0 radical (unpaired) electrons. The predicted octanol–water partition coefficient (Wildman–Crippen LogP) is 2.97. The Balaban J connectivity index is 1.87. The fourth-order valence-electron chi connectivity index (χ4n) is 3.94. The number of hydrogen-bond donors (Lipinski definition) is 0. The molecule has 29 heavy (non-hydrogen) atoms. The van der Waals surface area contributed by atoms with Gasteiger partial charge in [0.05, 0.1) is 28.7 Å². The highest BCUT2D eigenvalue weighted by atomic mass is 19.4. The van der Waals surface area contributed by atoms with E-state index in [1.54, 1.807) is 25.8 Å². The van der Waals surface area contributed by atoms with Crippen molar-refractivity contribution < 1.29 is 18.0 Å². The molecule has 6 nitrogen and oxygen atoms in total. The Hall–Kier alpha value is -3.10. The number of amides is 1. The number of carbonyl (C=O) groups is 1. The van der Waals surface area contributed by atoms with Crippen LogP contribution < -0.4 is 5.56 Å². The average molecular weight is 404 g/mol. The van der Waals surface area contributed by atoms with Gasteiger partial charge in [-0.25, -0.2) is 4.68 Å². The minimum Gasteiger partial charge on any atom is -0.339 e. The topological polar surface area (TPSA) is 60.1 Å². The molecular formula is C20H19F3N4O2. The van der Waals surface area contributed by atoms with Crippen LogP contribution >= 0.6 is 0 Å². The van der Waals surface area contributed by atoms with Gasteiger partial charge in [-0.15, -0.1) is 0 Å². The lowest BCUT2D eigenvalue weighted by molar-refractivity contribution is -0.137. The maximum atomic E-state index is 13.1. The lowest BCUT2D eigenvalue weighted by Gasteiger charge is -2.25. The zero-order valence-corrected chi connectivity index (χ0v) is 16.2. The fourth-order valence-corrected chi connectivity index (χ4v) is 3.94. The van der Waals surface area contributed by atoms with Crippen LogP contribution in [0.1, 0.15) is 32.9 Å². The third kappa shape index (κ3) is 3.01. The summed E-state index contributed by atoms with van der Waals surface area (Å²) in [6.07, 6.45) is -4.46. The van der Waals surface area contributed by atoms with E-state index in [9.17, 15) is 22.8 Å². The van der Waals surface area contributed by atoms with Crippen LogP contribution in [-0.2, 0) is 19.3 Å². The molecule has 3 heterocycles. The number of nitrogens with zero attached hydrogens (tertiary/aromatic N) is 4. The number of alkyl halides is 3. The second-order valence-corrected chi connectivity index (χ2v) is 7.32. The first-order valence-electron chi connectivity index (χ1n) is 9.11. The van der Waals surface area contributed by atoms with Gasteiger partial charge in [0.25, 0.3) is 11.5 Å². The third-order valence-electron chi connectivity index (χ3n) is 5.36. The van der Waals surface area contributed by atoms with Crippen LogP contribution in [-0.4, -0.2) is 38.7 Å². The van der Waals surface area contributed by atoms with Crippen LogP contribution in [0, 0.1) is 13.8 Å². The Kier molecular flexibility index (Phi) is 4.29. The Morgan fingerprint density at radius 2 is 1.86 bits per heavy atom. The molecule has 1 amide bonds. The summed E-state index contributed by atoms with van der Waals surface area (Å²) < 4.78 is 42.0. The zero-order chi connectivity index (χ0) is 21.1. The van der Waals surface area contributed by atoms with E-state index in [1.165, 1.54) is 16.8 Å². The number of fused-ring (bicyclic) bond motifs is 3. The van der Waals surface area contributed by atoms with Crippen molar-refractivity contribution in [1.82, 2.24) is 19.2 Å². The highest BCUT2D eigenvalue weighted by Crippen LogP contribution is 2.30. The van der Waals surface area contributed by atoms with E-state index in [4.69, 9.17) is 0 Å². The summed E-state index contributed by atoms with van der Waals surface area (Å²) in [4.78, 5) is 27.3. The summed E-state index contributed by atoms with van der Waals surface area (Å²) >= 11 is 0. The molecule has 0 atom stereocenters. The van der Waals surface area contributed by atoms with E-state index in [0.717, 1.165) is 12.1 Å². The molecule has 3 aromatic rings. The number of halogens is 3. The summed E-state index contributed by atoms with van der Waals surface area (Å²) in [5.74, 6) is -0.159. The Morgan fingerprint density at radius 3 is 2.55 bits per heavy atom. The van der Waals surface area contributed by atoms with E-state index >= 15 is 0 Å². The maximum absolute atomic E-state index is 13.1. The second kappa shape index (κ2) is 6.47. The molecule has 0 N–H and O–H groups in total. The van der Waals surface area contributed by atoms with E-state index < -0.39 is 17.3 Å². The quantitative estimate of drug-likeness (QED) is 0.660. The molecule has 1 aliphatic rings. The summed E-state index contributed by atoms with van der Waals surface area (Å²) in [5, 5.41) is 4.72. The summed E-state index contributed by atoms with van der Waals surface area (Å²) in [6, 6.07) is 4.84. The molecular weight excluding hydrogens is 385 g/mol. The van der Waals surface area contributed by atoms with Crippen LogP contribution in [0.2, 0.25) is 0 Å². The normalized spacial score (nSPS) is 14.6. The van der Waals surface area contributed by atoms with Crippen LogP contribution in [0.15, 0.2) is 29.1 Å². The van der Waals surface area contributed by atoms with Gasteiger partial charge in [-0.05, 0) is 37.1 Å². The summed E-state index contributed by atoms with van der Waals surface area (Å²) in [7, 11) is 1.71. The van der Waals surface area contributed by atoms with Crippen LogP contribution in [0.25, 0.3) is 10.9 Å². The molecule has 1 aliphatic heterocycles. The SMILES string of the molecule is Cc1c2n(c3c(C)nn(Cc4cccc(C(F)(F)F)c4)c(=O)c13)CCN(C)C2=O. The molecule has 0 aliphatic carbocycles. The highest BCUT2D eigenvalue weighted by molar-refractivity contribution is 6.02. The molecule has 1 aromatic carbocycles. The van der Waals surface area contributed by atoms with Gasteiger partial charge in [0.1, 0.15) is 5.69 Å². The van der Waals surface area contributed by atoms with Gasteiger partial charge in [-0.1, -0.05) is 12.1 Å². The van der Waals surface area contributed by atoms with E-state index in [1.807, 2.05) is 4.57 Å². The first kappa shape index (κ1) is 19.2. The number of aryl methyl sites for hydroxylation is 2. The number of carbonyl (C=O) groups excluding carboxylic acids is 1. The van der Waals surface area contributed by atoms with Crippen molar-refractivity contribution in [2.24, 2.45) is 0 Å². The highest BCUT2D eigenvalue weighted by Gasteiger charge is 2.31. The molecule has 2 aromatic heterocycles. The number of benzene rings is 1. The molecule has 0 saturated carbocycles. The molecule has 0 bridgehead atoms. The van der Waals surface area contributed by atoms with E-state index in [-0.39, 0.29) is 12.5 Å². The van der Waals surface area contributed by atoms with Crippen LogP contribution in [0.3, 0.4) is 0 Å². The van der Waals surface area contributed by atoms with Gasteiger partial charge in [-0.3, -0.25) is 9.59 Å². The van der Waals surface area contributed by atoms with Gasteiger partial charge < -0.3 is 9.47 Å². The number of rotatable bonds is 2. The van der Waals surface area contributed by atoms with E-state index in [0.29, 0.717) is 46.5 Å². The fraction of sp³-hybridized carbons (Fsp3) is 0.350. The first-order chi connectivity index (χ1) is 13.6. The Bertz CT molecular complexity index is 1210. The summed E-state index contributed by atoms with van der Waals surface area (Å²) in [6.45, 7) is 4.46. The molecule has 0 spiro atoms. The van der Waals surface area contributed by atoms with Gasteiger partial charge in [0.15, 0.2) is 0 Å². The van der Waals surface area contributed by atoms with Crippen molar-refractivity contribution in [3.8, 4) is 0 Å². The third-order valence-corrected chi connectivity index (χ3v) is 5.36. The molecule has 9 heteroatoms. The molecule has 0 saturated heterocycles. The number of likely N-dealkylation sites (N-methyl/N-ethyl adjacent to an activating group) is 1. The molecule has 152 valence electrons. The van der Waals surface area contributed by atoms with Crippen molar-refractivity contribution in [2.75, 3.05) is 13.6 Å². The monoisotopic (exact) mass is 404 g/mol. The van der Waals surface area contributed by atoms with E-state index in [2.05, 4.69) is 5.10 Å². The lowest BCUT2D eigenvalue weighted by atomic mass is 10.1. The predicted molar refractivity (Wildman–Crippen MR) is 101 cm³/mol. The number of hydrogen-bond acceptors (Lipinski definition) is 3. The summed E-state index contributed by atoms with van der Waals surface area (Å²) in [5.41, 5.74) is 1.34. The van der Waals surface area contributed by atoms with Gasteiger partial charge in [0, 0.05) is 20.1 Å². The minimum absolute atomic E-state index is 0.0899. The Morgan fingerprint density at radius 1 is 1.14 bits per heavy atom. The minimum atomic E-state index is -4.46. The lowest BCUT2D eigenvalue weighted by Crippen LogP contribution is -2.37. The largest absolute Gasteiger partial charge is 0.416 e. The molecule has 0 fully saturated rings. The van der Waals surface area contributed by atoms with Crippen molar-refractivity contribution >= 4 is 16.8 Å². The van der Waals surface area contributed by atoms with Crippen molar-refractivity contribution in [2.45, 2.75) is 33.1 Å². The maximum Gasteiger partial charge on any atom is 0.416 e. The smallest absolute Gasteiger partial charge is 0.339 e. The molecule has 4 rings (SSSR count). The van der Waals surface area contributed by atoms with Crippen molar-refractivity contribution in [3.63, 3.8) is 0 Å². The van der Waals surface area contributed by atoms with Crippen LogP contribution in [0.5, 0.6) is 0 Å². The van der Waals surface area contributed by atoms with Crippen molar-refractivity contribution in [1.29, 1.82) is 0 Å². The van der Waals surface area contributed by atoms with Gasteiger partial charge in [0.2, 0.25) is 0 Å². The molecule has 0 unspecified atom stereocenters. The van der Waals surface area contributed by atoms with Gasteiger partial charge in [-0.2, -0.15) is 18.3 Å². The zero-order valence-electron chi connectivity index (χ0n) is 16.2. The average Bonchev–Trinajstić information content (AvgIpc) is 2.96. The Labute approximate surface area is 164 Å². The van der Waals surface area contributed by atoms with Crippen molar-refractivity contribution in [3.05, 3.63) is 62.7 Å². The number of aromatic nitrogens is 3. The van der Waals surface area contributed by atoms with Gasteiger partial charge >= 0.3 is 6.18 Å². The van der Waals surface area contributed by atoms with Crippen LogP contribution in [0.4, 0.5) is 13.2 Å². The second-order valence-electron chi connectivity index (χ2n) is 7.32. The standard InChI is InChI=1S/C20H19F3N4O2/c1-11-15-17(26-8-7-25(3)19(29)16(11)26)12(2)24-27(18(15)28)10-13-5-4-6-14(9-13)20(21,22)23/h4-6,9H,7-8,10H2,1-3H3.